The fourth-order valence-electron chi connectivity index (χ4n) is 10.6. The second-order valence-electron chi connectivity index (χ2n) is 23.6. The van der Waals surface area contributed by atoms with E-state index >= 15 is 0 Å². The Bertz CT molecular complexity index is 1370. The molecule has 4 nitrogen and oxygen atoms in total. The minimum absolute atomic E-state index is 0.0734. The monoisotopic (exact) mass is 1090 g/mol. The Balaban J connectivity index is 3.49. The largest absolute Gasteiger partial charge is 0.394 e. The fourth-order valence-corrected chi connectivity index (χ4v) is 10.6. The molecule has 78 heavy (non-hydrogen) atoms. The van der Waals surface area contributed by atoms with Crippen molar-refractivity contribution in [2.24, 2.45) is 0 Å². The molecule has 0 aliphatic rings. The third-order valence-corrected chi connectivity index (χ3v) is 15.8. The van der Waals surface area contributed by atoms with Crippen LogP contribution in [0.25, 0.3) is 0 Å². The number of aliphatic hydroxyl groups is 2. The van der Waals surface area contributed by atoms with Gasteiger partial charge in [0, 0.05) is 6.42 Å². The van der Waals surface area contributed by atoms with E-state index in [1.165, 1.54) is 276 Å². The molecule has 0 rings (SSSR count). The third kappa shape index (κ3) is 64.4. The number of unbranched alkanes of at least 4 members (excludes halogenated alkanes) is 45. The summed E-state index contributed by atoms with van der Waals surface area (Å²) in [4.78, 5) is 12.5. The molecule has 2 unspecified atom stereocenters. The van der Waals surface area contributed by atoms with Crippen molar-refractivity contribution in [2.45, 2.75) is 373 Å². The molecule has 454 valence electrons. The van der Waals surface area contributed by atoms with Gasteiger partial charge >= 0.3 is 0 Å². The van der Waals surface area contributed by atoms with E-state index in [1.807, 2.05) is 6.08 Å². The highest BCUT2D eigenvalue weighted by molar-refractivity contribution is 5.76. The predicted molar refractivity (Wildman–Crippen MR) is 350 cm³/mol. The molecule has 2 atom stereocenters. The Kier molecular flexibility index (Phi) is 66.7. The number of hydrogen-bond acceptors (Lipinski definition) is 3. The summed E-state index contributed by atoms with van der Waals surface area (Å²) in [5.74, 6) is -0.0734. The number of carbonyl (C=O) groups excluding carboxylic acids is 1. The van der Waals surface area contributed by atoms with Crippen LogP contribution in [-0.2, 0) is 4.79 Å². The number of amides is 1. The first-order valence-electron chi connectivity index (χ1n) is 34.8. The molecule has 0 spiro atoms. The molecular weight excluding hydrogens is 951 g/mol. The van der Waals surface area contributed by atoms with Crippen LogP contribution >= 0.6 is 0 Å². The lowest BCUT2D eigenvalue weighted by Gasteiger charge is -2.19. The van der Waals surface area contributed by atoms with Crippen molar-refractivity contribution in [1.82, 2.24) is 5.32 Å². The van der Waals surface area contributed by atoms with Crippen LogP contribution in [0.3, 0.4) is 0 Å². The van der Waals surface area contributed by atoms with Gasteiger partial charge in [-0.15, -0.1) is 0 Å². The summed E-state index contributed by atoms with van der Waals surface area (Å²) in [5, 5.41) is 23.3. The van der Waals surface area contributed by atoms with E-state index in [0.29, 0.717) is 6.42 Å². The van der Waals surface area contributed by atoms with Crippen molar-refractivity contribution in [1.29, 1.82) is 0 Å². The lowest BCUT2D eigenvalue weighted by Crippen LogP contribution is -2.45. The lowest BCUT2D eigenvalue weighted by atomic mass is 10.0. The number of aliphatic hydroxyl groups excluding tert-OH is 2. The van der Waals surface area contributed by atoms with Gasteiger partial charge in [0.15, 0.2) is 0 Å². The molecular formula is C74H135NO3. The van der Waals surface area contributed by atoms with Crippen LogP contribution in [0.4, 0.5) is 0 Å². The maximum Gasteiger partial charge on any atom is 0.220 e. The minimum atomic E-state index is -0.874. The Morgan fingerprint density at radius 1 is 0.321 bits per heavy atom. The molecule has 0 bridgehead atoms. The maximum atomic E-state index is 12.5. The second-order valence-corrected chi connectivity index (χ2v) is 23.6. The smallest absolute Gasteiger partial charge is 0.220 e. The zero-order valence-electron chi connectivity index (χ0n) is 52.4. The second kappa shape index (κ2) is 68.8. The van der Waals surface area contributed by atoms with E-state index in [4.69, 9.17) is 0 Å². The molecule has 0 radical (unpaired) electrons. The van der Waals surface area contributed by atoms with Gasteiger partial charge in [0.1, 0.15) is 0 Å². The number of allylic oxidation sites excluding steroid dienone is 13. The maximum absolute atomic E-state index is 12.5. The molecule has 0 aromatic rings. The van der Waals surface area contributed by atoms with E-state index < -0.39 is 12.1 Å². The van der Waals surface area contributed by atoms with E-state index in [0.717, 1.165) is 64.2 Å². The molecule has 0 saturated carbocycles. The SMILES string of the molecule is CC/C=C\C/C=C\C/C=C\C/C=C\CCCCCCCCCCCCCCCCCCCCCCCCC(=O)NC(CO)C(O)/C=C/CC/C=C/CC/C=C/CCCCCCCCCCCCCCCCCCCCCCC. The quantitative estimate of drug-likeness (QED) is 0.0420. The van der Waals surface area contributed by atoms with Crippen LogP contribution < -0.4 is 5.32 Å². The highest BCUT2D eigenvalue weighted by atomic mass is 16.3. The molecule has 0 aromatic heterocycles. The van der Waals surface area contributed by atoms with Gasteiger partial charge in [-0.05, 0) is 83.5 Å². The Morgan fingerprint density at radius 2 is 0.577 bits per heavy atom. The third-order valence-electron chi connectivity index (χ3n) is 15.8. The van der Waals surface area contributed by atoms with Gasteiger partial charge in [-0.3, -0.25) is 4.79 Å². The normalized spacial score (nSPS) is 13.2. The van der Waals surface area contributed by atoms with Crippen molar-refractivity contribution in [3.05, 3.63) is 85.1 Å². The van der Waals surface area contributed by atoms with Gasteiger partial charge in [0.05, 0.1) is 18.8 Å². The average molecular weight is 1090 g/mol. The predicted octanol–water partition coefficient (Wildman–Crippen LogP) is 23.8. The van der Waals surface area contributed by atoms with E-state index in [9.17, 15) is 15.0 Å². The Morgan fingerprint density at radius 3 is 0.897 bits per heavy atom. The van der Waals surface area contributed by atoms with Crippen molar-refractivity contribution in [2.75, 3.05) is 6.61 Å². The standard InChI is InChI=1S/C74H135NO3/c1-3-5-7-9-11-13-15-17-19-21-23-25-27-29-31-33-35-36-37-38-40-42-44-46-48-50-52-54-56-58-60-62-64-66-68-70-74(78)75-72(71-76)73(77)69-67-65-63-61-59-57-55-53-51-49-47-45-43-41-39-34-32-30-28-26-24-22-20-18-16-14-12-10-8-6-4-2/h5,7,11,13,17,19,23,25,51,53,59,61,67,69,72-73,76-77H,3-4,6,8-10,12,14-16,18,20-22,24,26-50,52,54-58,60,62-66,68,70-71H2,1-2H3,(H,75,78)/b7-5-,13-11-,19-17-,25-23-,53-51+,61-59+,69-67+. The van der Waals surface area contributed by atoms with E-state index in [1.54, 1.807) is 6.08 Å². The summed E-state index contributed by atoms with van der Waals surface area (Å²) in [6.45, 7) is 4.22. The van der Waals surface area contributed by atoms with Gasteiger partial charge in [-0.25, -0.2) is 0 Å². The Labute approximate surface area is 488 Å². The van der Waals surface area contributed by atoms with E-state index in [2.05, 4.69) is 92.1 Å². The zero-order chi connectivity index (χ0) is 56.2. The molecule has 0 saturated heterocycles. The molecule has 0 aliphatic heterocycles. The summed E-state index contributed by atoms with van der Waals surface area (Å²) in [5.41, 5.74) is 0. The fraction of sp³-hybridized carbons (Fsp3) is 0.797. The first kappa shape index (κ1) is 75.6. The summed E-state index contributed by atoms with van der Waals surface area (Å²) < 4.78 is 0. The van der Waals surface area contributed by atoms with E-state index in [-0.39, 0.29) is 12.5 Å². The number of carbonyl (C=O) groups is 1. The van der Waals surface area contributed by atoms with Crippen molar-refractivity contribution in [3.63, 3.8) is 0 Å². The molecule has 3 N–H and O–H groups in total. The van der Waals surface area contributed by atoms with Gasteiger partial charge < -0.3 is 15.5 Å². The topological polar surface area (TPSA) is 69.6 Å². The molecule has 0 heterocycles. The van der Waals surface area contributed by atoms with Crippen LogP contribution in [0, 0.1) is 0 Å². The van der Waals surface area contributed by atoms with Gasteiger partial charge in [-0.2, -0.15) is 0 Å². The highest BCUT2D eigenvalue weighted by Gasteiger charge is 2.18. The van der Waals surface area contributed by atoms with Crippen LogP contribution in [-0.4, -0.2) is 34.9 Å². The number of rotatable bonds is 64. The molecule has 0 aliphatic carbocycles. The van der Waals surface area contributed by atoms with Gasteiger partial charge in [0.25, 0.3) is 0 Å². The van der Waals surface area contributed by atoms with Crippen molar-refractivity contribution >= 4 is 5.91 Å². The molecule has 0 aromatic carbocycles. The summed E-state index contributed by atoms with van der Waals surface area (Å²) in [6.07, 6.45) is 101. The summed E-state index contributed by atoms with van der Waals surface area (Å²) in [7, 11) is 0. The summed E-state index contributed by atoms with van der Waals surface area (Å²) >= 11 is 0. The lowest BCUT2D eigenvalue weighted by molar-refractivity contribution is -0.123. The van der Waals surface area contributed by atoms with Crippen molar-refractivity contribution < 1.29 is 15.0 Å². The van der Waals surface area contributed by atoms with Crippen molar-refractivity contribution in [3.8, 4) is 0 Å². The summed E-state index contributed by atoms with van der Waals surface area (Å²) in [6, 6.07) is -0.649. The highest BCUT2D eigenvalue weighted by Crippen LogP contribution is 2.18. The molecule has 1 amide bonds. The first-order valence-corrected chi connectivity index (χ1v) is 34.8. The van der Waals surface area contributed by atoms with Crippen LogP contribution in [0.5, 0.6) is 0 Å². The van der Waals surface area contributed by atoms with Gasteiger partial charge in [-0.1, -0.05) is 356 Å². The first-order chi connectivity index (χ1) is 38.7. The number of nitrogens with one attached hydrogen (secondary N) is 1. The number of hydrogen-bond donors (Lipinski definition) is 3. The van der Waals surface area contributed by atoms with Gasteiger partial charge in [0.2, 0.25) is 5.91 Å². The Hall–Kier alpha value is -2.43. The molecule has 4 heteroatoms. The van der Waals surface area contributed by atoms with Crippen LogP contribution in [0.15, 0.2) is 85.1 Å². The zero-order valence-corrected chi connectivity index (χ0v) is 52.4. The average Bonchev–Trinajstić information content (AvgIpc) is 3.44. The van der Waals surface area contributed by atoms with Crippen LogP contribution in [0.1, 0.15) is 361 Å². The molecule has 0 fully saturated rings. The minimum Gasteiger partial charge on any atom is -0.394 e. The van der Waals surface area contributed by atoms with Crippen LogP contribution in [0.2, 0.25) is 0 Å².